The van der Waals surface area contributed by atoms with Crippen molar-refractivity contribution in [2.45, 2.75) is 33.5 Å². The van der Waals surface area contributed by atoms with Crippen molar-refractivity contribution in [1.82, 2.24) is 4.90 Å². The summed E-state index contributed by atoms with van der Waals surface area (Å²) in [6, 6.07) is 11.2. The van der Waals surface area contributed by atoms with Gasteiger partial charge in [-0.25, -0.2) is 0 Å². The Hall–Kier alpha value is -2.24. The third-order valence-corrected chi connectivity index (χ3v) is 6.36. The average molecular weight is 616 g/mol. The monoisotopic (exact) mass is 615 g/mol. The van der Waals surface area contributed by atoms with Crippen molar-refractivity contribution in [2.24, 2.45) is 0 Å². The Balaban J connectivity index is 1.80. The van der Waals surface area contributed by atoms with E-state index in [9.17, 15) is 14.4 Å². The molecule has 1 fully saturated rings. The molecule has 0 N–H and O–H groups in total. The van der Waals surface area contributed by atoms with E-state index >= 15 is 0 Å². The molecule has 0 saturated carbocycles. The summed E-state index contributed by atoms with van der Waals surface area (Å²) in [4.78, 5) is 37.9. The fraction of sp³-hybridized carbons (Fsp3) is 0.292. The number of hydrogen-bond acceptors (Lipinski definition) is 7. The van der Waals surface area contributed by atoms with Gasteiger partial charge < -0.3 is 14.2 Å². The zero-order valence-corrected chi connectivity index (χ0v) is 22.5. The number of ether oxygens (including phenoxy) is 3. The molecular formula is C24H23ClINO6S. The number of nitrogens with zero attached hydrogens (tertiary/aromatic N) is 1. The predicted molar refractivity (Wildman–Crippen MR) is 140 cm³/mol. The van der Waals surface area contributed by atoms with Crippen molar-refractivity contribution in [1.29, 1.82) is 0 Å². The smallest absolute Gasteiger partial charge is 0.326 e. The Morgan fingerprint density at radius 3 is 2.53 bits per heavy atom. The number of halogens is 2. The van der Waals surface area contributed by atoms with Gasteiger partial charge in [0, 0.05) is 3.57 Å². The number of thioether (sulfide) groups is 1. The van der Waals surface area contributed by atoms with Gasteiger partial charge in [-0.1, -0.05) is 23.7 Å². The van der Waals surface area contributed by atoms with E-state index < -0.39 is 23.7 Å². The van der Waals surface area contributed by atoms with Crippen LogP contribution in [0.25, 0.3) is 6.08 Å². The Bertz CT molecular complexity index is 1120. The standard InChI is InChI=1S/C24H23ClINO6S/c1-4-31-19-10-16(9-18(25)22(19)32-13-15-5-7-17(26)8-6-15)11-20-23(29)27(24(30)34-20)12-21(28)33-14(2)3/h5-11,14H,4,12-13H2,1-3H3/b20-11+. The third-order valence-electron chi connectivity index (χ3n) is 4.45. The number of carbonyl (C=O) groups is 3. The largest absolute Gasteiger partial charge is 0.490 e. The van der Waals surface area contributed by atoms with Gasteiger partial charge in [0.15, 0.2) is 11.5 Å². The minimum absolute atomic E-state index is 0.174. The average Bonchev–Trinajstić information content (AvgIpc) is 3.01. The van der Waals surface area contributed by atoms with Crippen LogP contribution >= 0.6 is 46.0 Å². The molecule has 1 saturated heterocycles. The Morgan fingerprint density at radius 2 is 1.88 bits per heavy atom. The number of amides is 2. The van der Waals surface area contributed by atoms with Crippen LogP contribution in [0.4, 0.5) is 4.79 Å². The van der Waals surface area contributed by atoms with Crippen molar-refractivity contribution >= 4 is 69.1 Å². The van der Waals surface area contributed by atoms with E-state index in [0.717, 1.165) is 25.8 Å². The molecule has 34 heavy (non-hydrogen) atoms. The van der Waals surface area contributed by atoms with Crippen LogP contribution in [0.3, 0.4) is 0 Å². The highest BCUT2D eigenvalue weighted by Crippen LogP contribution is 2.39. The number of benzene rings is 2. The molecule has 1 heterocycles. The minimum Gasteiger partial charge on any atom is -0.490 e. The number of hydrogen-bond donors (Lipinski definition) is 0. The fourth-order valence-electron chi connectivity index (χ4n) is 3.03. The van der Waals surface area contributed by atoms with E-state index in [0.29, 0.717) is 35.3 Å². The van der Waals surface area contributed by atoms with Crippen molar-refractivity contribution in [3.05, 3.63) is 61.0 Å². The van der Waals surface area contributed by atoms with Gasteiger partial charge in [-0.3, -0.25) is 19.3 Å². The fourth-order valence-corrected chi connectivity index (χ4v) is 4.50. The van der Waals surface area contributed by atoms with Crippen molar-refractivity contribution < 1.29 is 28.6 Å². The molecule has 0 atom stereocenters. The molecular weight excluding hydrogens is 593 g/mol. The maximum absolute atomic E-state index is 12.7. The molecule has 10 heteroatoms. The van der Waals surface area contributed by atoms with Gasteiger partial charge in [-0.05, 0) is 96.6 Å². The number of esters is 1. The van der Waals surface area contributed by atoms with E-state index in [2.05, 4.69) is 22.6 Å². The molecule has 7 nitrogen and oxygen atoms in total. The number of rotatable bonds is 9. The maximum Gasteiger partial charge on any atom is 0.326 e. The highest BCUT2D eigenvalue weighted by atomic mass is 127. The zero-order chi connectivity index (χ0) is 24.8. The molecule has 0 aromatic heterocycles. The van der Waals surface area contributed by atoms with Gasteiger partial charge in [0.05, 0.1) is 22.6 Å². The van der Waals surface area contributed by atoms with Crippen LogP contribution in [0.15, 0.2) is 41.3 Å². The Kier molecular flexibility index (Phi) is 9.26. The first-order valence-electron chi connectivity index (χ1n) is 10.5. The molecule has 1 aliphatic heterocycles. The summed E-state index contributed by atoms with van der Waals surface area (Å²) in [5.74, 6) is -0.395. The highest BCUT2D eigenvalue weighted by molar-refractivity contribution is 14.1. The predicted octanol–water partition coefficient (Wildman–Crippen LogP) is 5.91. The normalized spacial score (nSPS) is 14.8. The van der Waals surface area contributed by atoms with Gasteiger partial charge in [-0.2, -0.15) is 0 Å². The van der Waals surface area contributed by atoms with Gasteiger partial charge in [0.1, 0.15) is 13.2 Å². The second-order valence-corrected chi connectivity index (χ2v) is 10.1. The maximum atomic E-state index is 12.7. The molecule has 0 unspecified atom stereocenters. The lowest BCUT2D eigenvalue weighted by Crippen LogP contribution is -2.35. The van der Waals surface area contributed by atoms with E-state index in [1.807, 2.05) is 31.2 Å². The minimum atomic E-state index is -0.644. The summed E-state index contributed by atoms with van der Waals surface area (Å²) < 4.78 is 17.8. The molecule has 0 bridgehead atoms. The summed E-state index contributed by atoms with van der Waals surface area (Å²) >= 11 is 9.48. The molecule has 3 rings (SSSR count). The van der Waals surface area contributed by atoms with E-state index in [1.165, 1.54) is 6.08 Å². The topological polar surface area (TPSA) is 82.1 Å². The molecule has 0 radical (unpaired) electrons. The lowest BCUT2D eigenvalue weighted by atomic mass is 10.1. The van der Waals surface area contributed by atoms with Crippen LogP contribution in [-0.4, -0.2) is 41.3 Å². The van der Waals surface area contributed by atoms with Crippen molar-refractivity contribution in [3.8, 4) is 11.5 Å². The molecule has 0 spiro atoms. The number of imide groups is 1. The molecule has 2 aromatic rings. The van der Waals surface area contributed by atoms with Crippen LogP contribution in [0.1, 0.15) is 31.9 Å². The molecule has 0 aliphatic carbocycles. The number of carbonyl (C=O) groups excluding carboxylic acids is 3. The van der Waals surface area contributed by atoms with Crippen LogP contribution < -0.4 is 9.47 Å². The van der Waals surface area contributed by atoms with E-state index in [-0.39, 0.29) is 11.0 Å². The van der Waals surface area contributed by atoms with Crippen LogP contribution in [0.5, 0.6) is 11.5 Å². The Labute approximate surface area is 220 Å². The van der Waals surface area contributed by atoms with E-state index in [4.69, 9.17) is 25.8 Å². The third kappa shape index (κ3) is 6.89. The first kappa shape index (κ1) is 26.4. The summed E-state index contributed by atoms with van der Waals surface area (Å²) in [6.07, 6.45) is 1.20. The lowest BCUT2D eigenvalue weighted by molar-refractivity contribution is -0.149. The molecule has 2 aromatic carbocycles. The molecule has 180 valence electrons. The Morgan fingerprint density at radius 1 is 1.18 bits per heavy atom. The highest BCUT2D eigenvalue weighted by Gasteiger charge is 2.36. The molecule has 1 aliphatic rings. The SMILES string of the molecule is CCOc1cc(/C=C2/SC(=O)N(CC(=O)OC(C)C)C2=O)cc(Cl)c1OCc1ccc(I)cc1. The van der Waals surface area contributed by atoms with Gasteiger partial charge in [-0.15, -0.1) is 0 Å². The van der Waals surface area contributed by atoms with Gasteiger partial charge >= 0.3 is 5.97 Å². The van der Waals surface area contributed by atoms with Crippen LogP contribution in [-0.2, 0) is 20.9 Å². The van der Waals surface area contributed by atoms with Crippen molar-refractivity contribution in [3.63, 3.8) is 0 Å². The van der Waals surface area contributed by atoms with Gasteiger partial charge in [0.25, 0.3) is 11.1 Å². The summed E-state index contributed by atoms with van der Waals surface area (Å²) in [5, 5.41) is -0.229. The first-order chi connectivity index (χ1) is 16.2. The first-order valence-corrected chi connectivity index (χ1v) is 12.7. The lowest BCUT2D eigenvalue weighted by Gasteiger charge is -2.15. The quantitative estimate of drug-likeness (QED) is 0.197. The van der Waals surface area contributed by atoms with Crippen LogP contribution in [0.2, 0.25) is 5.02 Å². The summed E-state index contributed by atoms with van der Waals surface area (Å²) in [6.45, 7) is 5.48. The van der Waals surface area contributed by atoms with Gasteiger partial charge in [0.2, 0.25) is 0 Å². The van der Waals surface area contributed by atoms with Crippen molar-refractivity contribution in [2.75, 3.05) is 13.2 Å². The summed E-state index contributed by atoms with van der Waals surface area (Å²) in [7, 11) is 0. The van der Waals surface area contributed by atoms with E-state index in [1.54, 1.807) is 26.0 Å². The second kappa shape index (κ2) is 11.9. The second-order valence-electron chi connectivity index (χ2n) is 7.48. The molecule has 2 amide bonds. The summed E-state index contributed by atoms with van der Waals surface area (Å²) in [5.41, 5.74) is 1.54. The van der Waals surface area contributed by atoms with Crippen LogP contribution in [0, 0.1) is 3.57 Å². The zero-order valence-electron chi connectivity index (χ0n) is 18.8.